The molecule has 1 heteroatoms. The van der Waals surface area contributed by atoms with Gasteiger partial charge in [-0.25, -0.2) is 4.39 Å². The molecule has 0 aliphatic heterocycles. The van der Waals surface area contributed by atoms with Gasteiger partial charge in [0, 0.05) is 0 Å². The molecule has 0 bridgehead atoms. The fourth-order valence-corrected chi connectivity index (χ4v) is 0.755. The van der Waals surface area contributed by atoms with E-state index in [1.165, 1.54) is 0 Å². The fourth-order valence-electron chi connectivity index (χ4n) is 0.755. The van der Waals surface area contributed by atoms with Gasteiger partial charge in [-0.3, -0.25) is 0 Å². The molecule has 0 spiro atoms. The molecule has 0 N–H and O–H groups in total. The number of hydrogen-bond acceptors (Lipinski definition) is 0. The molecule has 0 nitrogen and oxygen atoms in total. The molecular formula is C11H19F. The average Bonchev–Trinajstić information content (AvgIpc) is 2.02. The van der Waals surface area contributed by atoms with Crippen molar-refractivity contribution in [3.05, 3.63) is 23.6 Å². The molecule has 0 saturated heterocycles. The second kappa shape index (κ2) is 5.99. The van der Waals surface area contributed by atoms with Crippen molar-refractivity contribution in [3.63, 3.8) is 0 Å². The third-order valence-electron chi connectivity index (χ3n) is 1.81. The number of allylic oxidation sites excluding steroid dienone is 4. The smallest absolute Gasteiger partial charge is 0.121 e. The lowest BCUT2D eigenvalue weighted by atomic mass is 10.1. The molecule has 0 saturated carbocycles. The van der Waals surface area contributed by atoms with Crippen molar-refractivity contribution >= 4 is 0 Å². The zero-order chi connectivity index (χ0) is 9.56. The van der Waals surface area contributed by atoms with Crippen molar-refractivity contribution in [3.8, 4) is 0 Å². The van der Waals surface area contributed by atoms with Crippen LogP contribution in [-0.2, 0) is 0 Å². The summed E-state index contributed by atoms with van der Waals surface area (Å²) >= 11 is 0. The van der Waals surface area contributed by atoms with Crippen molar-refractivity contribution in [2.45, 2.75) is 40.5 Å². The van der Waals surface area contributed by atoms with Crippen LogP contribution in [0.5, 0.6) is 0 Å². The molecule has 0 fully saturated rings. The molecule has 0 radical (unpaired) electrons. The maximum atomic E-state index is 13.0. The maximum Gasteiger partial charge on any atom is 0.121 e. The van der Waals surface area contributed by atoms with Crippen LogP contribution in [-0.4, -0.2) is 0 Å². The van der Waals surface area contributed by atoms with Crippen LogP contribution in [0.3, 0.4) is 0 Å². The summed E-state index contributed by atoms with van der Waals surface area (Å²) in [4.78, 5) is 0. The van der Waals surface area contributed by atoms with E-state index in [1.807, 2.05) is 19.9 Å². The van der Waals surface area contributed by atoms with E-state index in [-0.39, 0.29) is 5.83 Å². The van der Waals surface area contributed by atoms with Crippen molar-refractivity contribution in [2.24, 2.45) is 5.92 Å². The number of hydrogen-bond donors (Lipinski definition) is 0. The molecule has 0 unspecified atom stereocenters. The van der Waals surface area contributed by atoms with Crippen molar-refractivity contribution in [2.75, 3.05) is 0 Å². The van der Waals surface area contributed by atoms with E-state index in [0.29, 0.717) is 5.92 Å². The summed E-state index contributed by atoms with van der Waals surface area (Å²) in [6.45, 7) is 8.04. The van der Waals surface area contributed by atoms with Gasteiger partial charge in [-0.05, 0) is 37.3 Å². The highest BCUT2D eigenvalue weighted by molar-refractivity contribution is 5.17. The van der Waals surface area contributed by atoms with Gasteiger partial charge in [-0.1, -0.05) is 26.8 Å². The first-order chi connectivity index (χ1) is 5.57. The predicted octanol–water partition coefficient (Wildman–Crippen LogP) is 4.24. The lowest BCUT2D eigenvalue weighted by Gasteiger charge is -1.97. The van der Waals surface area contributed by atoms with Crippen LogP contribution < -0.4 is 0 Å². The molecule has 0 rings (SSSR count). The molecule has 0 aromatic heterocycles. The Morgan fingerprint density at radius 2 is 2.00 bits per heavy atom. The van der Waals surface area contributed by atoms with Gasteiger partial charge in [0.1, 0.15) is 5.83 Å². The van der Waals surface area contributed by atoms with E-state index in [0.717, 1.165) is 18.4 Å². The summed E-state index contributed by atoms with van der Waals surface area (Å²) in [6.07, 6.45) is 5.22. The highest BCUT2D eigenvalue weighted by Crippen LogP contribution is 2.11. The van der Waals surface area contributed by atoms with E-state index >= 15 is 0 Å². The summed E-state index contributed by atoms with van der Waals surface area (Å²) in [5.74, 6) is 0.536. The Labute approximate surface area is 75.2 Å². The molecule has 0 aliphatic rings. The third-order valence-corrected chi connectivity index (χ3v) is 1.81. The molecule has 0 heterocycles. The van der Waals surface area contributed by atoms with Gasteiger partial charge in [0.2, 0.25) is 0 Å². The Morgan fingerprint density at radius 3 is 2.42 bits per heavy atom. The van der Waals surface area contributed by atoms with Gasteiger partial charge in [-0.2, -0.15) is 0 Å². The summed E-state index contributed by atoms with van der Waals surface area (Å²) in [6, 6.07) is 0. The second-order valence-electron chi connectivity index (χ2n) is 3.51. The van der Waals surface area contributed by atoms with Crippen LogP contribution in [0.15, 0.2) is 23.6 Å². The minimum absolute atomic E-state index is 0.0712. The van der Waals surface area contributed by atoms with Crippen LogP contribution in [0.2, 0.25) is 0 Å². The maximum absolute atomic E-state index is 13.0. The Balaban J connectivity index is 3.99. The van der Waals surface area contributed by atoms with Crippen molar-refractivity contribution < 1.29 is 4.39 Å². The molecular weight excluding hydrogens is 151 g/mol. The van der Waals surface area contributed by atoms with Crippen LogP contribution in [0.1, 0.15) is 40.5 Å². The summed E-state index contributed by atoms with van der Waals surface area (Å²) in [5.41, 5.74) is 0.829. The minimum Gasteiger partial charge on any atom is -0.207 e. The lowest BCUT2D eigenvalue weighted by molar-refractivity contribution is 0.637. The Morgan fingerprint density at radius 1 is 1.42 bits per heavy atom. The van der Waals surface area contributed by atoms with E-state index < -0.39 is 0 Å². The topological polar surface area (TPSA) is 0 Å². The zero-order valence-corrected chi connectivity index (χ0v) is 8.52. The Hall–Kier alpha value is -0.590. The Bertz CT molecular complexity index is 175. The summed E-state index contributed by atoms with van der Waals surface area (Å²) in [5, 5.41) is 0. The van der Waals surface area contributed by atoms with Gasteiger partial charge in [0.15, 0.2) is 0 Å². The minimum atomic E-state index is -0.0712. The predicted molar refractivity (Wildman–Crippen MR) is 52.7 cm³/mol. The van der Waals surface area contributed by atoms with Crippen molar-refractivity contribution in [1.82, 2.24) is 0 Å². The van der Waals surface area contributed by atoms with Crippen LogP contribution in [0.25, 0.3) is 0 Å². The van der Waals surface area contributed by atoms with Gasteiger partial charge in [0.25, 0.3) is 0 Å². The molecule has 70 valence electrons. The SMILES string of the molecule is CC/C(C)=C(F)\C=C/CC(C)C. The molecule has 0 aliphatic carbocycles. The first-order valence-corrected chi connectivity index (χ1v) is 4.59. The normalized spacial score (nSPS) is 14.2. The van der Waals surface area contributed by atoms with E-state index in [9.17, 15) is 4.39 Å². The van der Waals surface area contributed by atoms with Gasteiger partial charge in [0.05, 0.1) is 0 Å². The lowest BCUT2D eigenvalue weighted by Crippen LogP contribution is -1.82. The Kier molecular flexibility index (Phi) is 5.69. The first-order valence-electron chi connectivity index (χ1n) is 4.59. The third kappa shape index (κ3) is 5.11. The van der Waals surface area contributed by atoms with Gasteiger partial charge < -0.3 is 0 Å². The standard InChI is InChI=1S/C11H19F/c1-5-10(4)11(12)8-6-7-9(2)3/h6,8-9H,5,7H2,1-4H3/b8-6-,11-10+. The molecule has 0 aromatic carbocycles. The van der Waals surface area contributed by atoms with E-state index in [1.54, 1.807) is 6.08 Å². The quantitative estimate of drug-likeness (QED) is 0.553. The average molecular weight is 170 g/mol. The summed E-state index contributed by atoms with van der Waals surface area (Å²) < 4.78 is 13.0. The highest BCUT2D eigenvalue weighted by Gasteiger charge is 1.94. The van der Waals surface area contributed by atoms with Crippen LogP contribution in [0, 0.1) is 5.92 Å². The zero-order valence-electron chi connectivity index (χ0n) is 8.52. The highest BCUT2D eigenvalue weighted by atomic mass is 19.1. The molecule has 0 aromatic rings. The van der Waals surface area contributed by atoms with Crippen LogP contribution >= 0.6 is 0 Å². The number of halogens is 1. The molecule has 0 atom stereocenters. The van der Waals surface area contributed by atoms with Crippen molar-refractivity contribution in [1.29, 1.82) is 0 Å². The second-order valence-corrected chi connectivity index (χ2v) is 3.51. The van der Waals surface area contributed by atoms with Gasteiger partial charge in [-0.15, -0.1) is 0 Å². The molecule has 12 heavy (non-hydrogen) atoms. The number of rotatable bonds is 4. The van der Waals surface area contributed by atoms with E-state index in [2.05, 4.69) is 13.8 Å². The van der Waals surface area contributed by atoms with E-state index in [4.69, 9.17) is 0 Å². The largest absolute Gasteiger partial charge is 0.207 e. The fraction of sp³-hybridized carbons (Fsp3) is 0.636. The summed E-state index contributed by atoms with van der Waals surface area (Å²) in [7, 11) is 0. The first kappa shape index (κ1) is 11.4. The van der Waals surface area contributed by atoms with Crippen LogP contribution in [0.4, 0.5) is 4.39 Å². The van der Waals surface area contributed by atoms with Gasteiger partial charge >= 0.3 is 0 Å². The molecule has 0 amide bonds. The monoisotopic (exact) mass is 170 g/mol.